The fourth-order valence-electron chi connectivity index (χ4n) is 3.06. The van der Waals surface area contributed by atoms with Crippen LogP contribution in [0.4, 0.5) is 5.00 Å². The van der Waals surface area contributed by atoms with E-state index in [-0.39, 0.29) is 0 Å². The minimum Gasteiger partial charge on any atom is -0.363 e. The van der Waals surface area contributed by atoms with Crippen molar-refractivity contribution in [1.82, 2.24) is 15.5 Å². The van der Waals surface area contributed by atoms with Gasteiger partial charge in [0.1, 0.15) is 0 Å². The number of guanidine groups is 1. The van der Waals surface area contributed by atoms with Gasteiger partial charge in [-0.1, -0.05) is 6.92 Å². The van der Waals surface area contributed by atoms with Crippen LogP contribution in [0.25, 0.3) is 0 Å². The van der Waals surface area contributed by atoms with Crippen molar-refractivity contribution < 1.29 is 0 Å². The van der Waals surface area contributed by atoms with Crippen molar-refractivity contribution in [2.45, 2.75) is 52.1 Å². The van der Waals surface area contributed by atoms with E-state index in [4.69, 9.17) is 4.99 Å². The molecule has 2 heterocycles. The highest BCUT2D eigenvalue weighted by atomic mass is 32.1. The molecule has 0 amide bonds. The van der Waals surface area contributed by atoms with E-state index < -0.39 is 0 Å². The Balaban J connectivity index is 1.78. The lowest BCUT2D eigenvalue weighted by Gasteiger charge is -2.33. The monoisotopic (exact) mass is 365 g/mol. The number of aliphatic imine (C=N–C) groups is 1. The maximum Gasteiger partial charge on any atom is 0.191 e. The van der Waals surface area contributed by atoms with Crippen molar-refractivity contribution in [1.29, 1.82) is 0 Å². The molecule has 0 spiro atoms. The summed E-state index contributed by atoms with van der Waals surface area (Å²) < 4.78 is 0. The van der Waals surface area contributed by atoms with Crippen LogP contribution in [0.5, 0.6) is 0 Å². The third-order valence-electron chi connectivity index (χ3n) is 5.06. The van der Waals surface area contributed by atoms with Crippen molar-refractivity contribution in [3.8, 4) is 0 Å². The SMILES string of the molecule is CCNC(=NCCN(C)C(C)CC)NC1CCN(c2cccs2)CC1. The van der Waals surface area contributed by atoms with Crippen LogP contribution in [-0.4, -0.2) is 62.7 Å². The normalized spacial score (nSPS) is 17.8. The number of thiophene rings is 1. The van der Waals surface area contributed by atoms with Gasteiger partial charge in [-0.3, -0.25) is 4.99 Å². The quantitative estimate of drug-likeness (QED) is 0.549. The molecule has 1 aromatic rings. The number of nitrogens with zero attached hydrogens (tertiary/aromatic N) is 3. The Morgan fingerprint density at radius 1 is 1.40 bits per heavy atom. The van der Waals surface area contributed by atoms with Crippen molar-refractivity contribution in [2.75, 3.05) is 44.7 Å². The molecule has 1 aromatic heterocycles. The Morgan fingerprint density at radius 2 is 2.16 bits per heavy atom. The molecular weight excluding hydrogens is 330 g/mol. The van der Waals surface area contributed by atoms with Crippen LogP contribution in [0.1, 0.15) is 40.0 Å². The molecule has 0 saturated carbocycles. The first-order valence-electron chi connectivity index (χ1n) is 9.67. The number of piperidine rings is 1. The first kappa shape index (κ1) is 20.0. The minimum absolute atomic E-state index is 0.515. The molecule has 1 unspecified atom stereocenters. The van der Waals surface area contributed by atoms with E-state index in [2.05, 4.69) is 65.8 Å². The van der Waals surface area contributed by atoms with Crippen molar-refractivity contribution in [3.63, 3.8) is 0 Å². The van der Waals surface area contributed by atoms with Crippen LogP contribution in [0, 0.1) is 0 Å². The summed E-state index contributed by atoms with van der Waals surface area (Å²) in [4.78, 5) is 9.65. The first-order valence-corrected chi connectivity index (χ1v) is 10.6. The molecule has 1 aliphatic rings. The maximum atomic E-state index is 4.77. The molecule has 5 nitrogen and oxygen atoms in total. The van der Waals surface area contributed by atoms with Crippen LogP contribution in [0.15, 0.2) is 22.5 Å². The zero-order valence-electron chi connectivity index (χ0n) is 16.3. The lowest BCUT2D eigenvalue weighted by molar-refractivity contribution is 0.259. The second kappa shape index (κ2) is 10.7. The van der Waals surface area contributed by atoms with Gasteiger partial charge in [-0.15, -0.1) is 11.3 Å². The van der Waals surface area contributed by atoms with Gasteiger partial charge < -0.3 is 20.4 Å². The number of rotatable bonds is 8. The van der Waals surface area contributed by atoms with Gasteiger partial charge in [0, 0.05) is 38.3 Å². The Labute approximate surface area is 157 Å². The van der Waals surface area contributed by atoms with Gasteiger partial charge in [0.25, 0.3) is 0 Å². The minimum atomic E-state index is 0.515. The summed E-state index contributed by atoms with van der Waals surface area (Å²) in [5.74, 6) is 0.967. The molecule has 1 aliphatic heterocycles. The average molecular weight is 366 g/mol. The molecule has 1 fully saturated rings. The standard InChI is InChI=1S/C19H35N5S/c1-5-16(3)23(4)14-11-21-19(20-6-2)22-17-9-12-24(13-10-17)18-8-7-15-25-18/h7-8,15-17H,5-6,9-14H2,1-4H3,(H2,20,21,22). The molecule has 6 heteroatoms. The molecule has 25 heavy (non-hydrogen) atoms. The van der Waals surface area contributed by atoms with E-state index in [1.165, 1.54) is 11.4 Å². The van der Waals surface area contributed by atoms with E-state index in [0.717, 1.165) is 51.5 Å². The number of nitrogens with one attached hydrogen (secondary N) is 2. The summed E-state index contributed by atoms with van der Waals surface area (Å²) >= 11 is 1.84. The summed E-state index contributed by atoms with van der Waals surface area (Å²) in [5, 5.41) is 10.6. The topological polar surface area (TPSA) is 42.9 Å². The summed E-state index contributed by atoms with van der Waals surface area (Å²) in [6.45, 7) is 11.6. The van der Waals surface area contributed by atoms with E-state index in [1.807, 2.05) is 11.3 Å². The summed E-state index contributed by atoms with van der Waals surface area (Å²) in [6.07, 6.45) is 3.51. The van der Waals surface area contributed by atoms with Gasteiger partial charge >= 0.3 is 0 Å². The molecule has 0 aliphatic carbocycles. The summed E-state index contributed by atoms with van der Waals surface area (Å²) in [5.41, 5.74) is 0. The van der Waals surface area contributed by atoms with Gasteiger partial charge in [-0.2, -0.15) is 0 Å². The molecule has 2 N–H and O–H groups in total. The van der Waals surface area contributed by atoms with E-state index in [0.29, 0.717) is 12.1 Å². The predicted octanol–water partition coefficient (Wildman–Crippen LogP) is 3.00. The molecule has 0 aromatic carbocycles. The van der Waals surface area contributed by atoms with Gasteiger partial charge in [0.15, 0.2) is 5.96 Å². The zero-order chi connectivity index (χ0) is 18.1. The molecule has 2 rings (SSSR count). The van der Waals surface area contributed by atoms with Gasteiger partial charge in [0.2, 0.25) is 0 Å². The zero-order valence-corrected chi connectivity index (χ0v) is 17.1. The van der Waals surface area contributed by atoms with E-state index in [1.54, 1.807) is 0 Å². The highest BCUT2D eigenvalue weighted by Gasteiger charge is 2.20. The lowest BCUT2D eigenvalue weighted by Crippen LogP contribution is -2.48. The second-order valence-corrected chi connectivity index (χ2v) is 7.78. The molecular formula is C19H35N5S. The number of hydrogen-bond donors (Lipinski definition) is 2. The van der Waals surface area contributed by atoms with Gasteiger partial charge in [0.05, 0.1) is 11.5 Å². The summed E-state index contributed by atoms with van der Waals surface area (Å²) in [6, 6.07) is 5.49. The Kier molecular flexibility index (Phi) is 8.55. The van der Waals surface area contributed by atoms with E-state index in [9.17, 15) is 0 Å². The molecule has 0 bridgehead atoms. The molecule has 1 saturated heterocycles. The van der Waals surface area contributed by atoms with E-state index >= 15 is 0 Å². The van der Waals surface area contributed by atoms with Crippen LogP contribution in [0.3, 0.4) is 0 Å². The molecule has 142 valence electrons. The Morgan fingerprint density at radius 3 is 2.76 bits per heavy atom. The van der Waals surface area contributed by atoms with Gasteiger partial charge in [-0.05, 0) is 57.7 Å². The van der Waals surface area contributed by atoms with Crippen molar-refractivity contribution in [2.24, 2.45) is 4.99 Å². The number of hydrogen-bond acceptors (Lipinski definition) is 4. The van der Waals surface area contributed by atoms with Gasteiger partial charge in [-0.25, -0.2) is 0 Å². The predicted molar refractivity (Wildman–Crippen MR) is 111 cm³/mol. The average Bonchev–Trinajstić information content (AvgIpc) is 3.16. The Bertz CT molecular complexity index is 494. The highest BCUT2D eigenvalue weighted by molar-refractivity contribution is 7.14. The fourth-order valence-corrected chi connectivity index (χ4v) is 3.84. The highest BCUT2D eigenvalue weighted by Crippen LogP contribution is 2.24. The van der Waals surface area contributed by atoms with Crippen LogP contribution < -0.4 is 15.5 Å². The van der Waals surface area contributed by atoms with Crippen LogP contribution >= 0.6 is 11.3 Å². The number of likely N-dealkylation sites (N-methyl/N-ethyl adjacent to an activating group) is 1. The summed E-state index contributed by atoms with van der Waals surface area (Å²) in [7, 11) is 2.18. The maximum absolute atomic E-state index is 4.77. The molecule has 1 atom stereocenters. The van der Waals surface area contributed by atoms with Crippen molar-refractivity contribution >= 4 is 22.3 Å². The third kappa shape index (κ3) is 6.51. The fraction of sp³-hybridized carbons (Fsp3) is 0.737. The molecule has 0 radical (unpaired) electrons. The Hall–Kier alpha value is -1.27. The second-order valence-electron chi connectivity index (χ2n) is 6.86. The smallest absolute Gasteiger partial charge is 0.191 e. The van der Waals surface area contributed by atoms with Crippen molar-refractivity contribution in [3.05, 3.63) is 17.5 Å². The van der Waals surface area contributed by atoms with Crippen LogP contribution in [0.2, 0.25) is 0 Å². The largest absolute Gasteiger partial charge is 0.363 e. The first-order chi connectivity index (χ1) is 12.1. The lowest BCUT2D eigenvalue weighted by atomic mass is 10.1. The third-order valence-corrected chi connectivity index (χ3v) is 5.99. The number of anilines is 1. The van der Waals surface area contributed by atoms with Crippen LogP contribution in [-0.2, 0) is 0 Å².